The van der Waals surface area contributed by atoms with Crippen molar-refractivity contribution in [1.82, 2.24) is 19.7 Å². The van der Waals surface area contributed by atoms with Gasteiger partial charge < -0.3 is 19.3 Å². The van der Waals surface area contributed by atoms with Gasteiger partial charge in [-0.15, -0.1) is 0 Å². The summed E-state index contributed by atoms with van der Waals surface area (Å²) in [5, 5.41) is 14.7. The summed E-state index contributed by atoms with van der Waals surface area (Å²) in [6, 6.07) is 7.17. The first-order chi connectivity index (χ1) is 13.5. The Balaban J connectivity index is 1.87. The lowest BCUT2D eigenvalue weighted by Crippen LogP contribution is -2.34. The fourth-order valence-electron chi connectivity index (χ4n) is 2.54. The van der Waals surface area contributed by atoms with Gasteiger partial charge in [-0.3, -0.25) is 0 Å². The predicted molar refractivity (Wildman–Crippen MR) is 101 cm³/mol. The molecule has 0 fully saturated rings. The molecule has 3 rings (SSSR count). The molecule has 148 valence electrons. The normalized spacial score (nSPS) is 13.4. The fraction of sp³-hybridized carbons (Fsp3) is 0.333. The van der Waals surface area contributed by atoms with E-state index in [1.54, 1.807) is 30.8 Å². The molecular weight excluding hydrogens is 388 g/mol. The van der Waals surface area contributed by atoms with E-state index in [2.05, 4.69) is 15.1 Å². The van der Waals surface area contributed by atoms with Gasteiger partial charge in [0.05, 0.1) is 36.2 Å². The SMILES string of the molecule is COCC(C)OCC(Oc1ncnc2c1cnn2-c1ccccc1Cl)C(=O)O. The monoisotopic (exact) mass is 406 g/mol. The fourth-order valence-corrected chi connectivity index (χ4v) is 2.76. The van der Waals surface area contributed by atoms with E-state index in [-0.39, 0.29) is 18.6 Å². The Morgan fingerprint density at radius 1 is 1.29 bits per heavy atom. The average molecular weight is 407 g/mol. The summed E-state index contributed by atoms with van der Waals surface area (Å²) in [5.41, 5.74) is 1.08. The number of aromatic nitrogens is 4. The number of hydrogen-bond acceptors (Lipinski definition) is 7. The molecule has 0 spiro atoms. The second kappa shape index (κ2) is 8.96. The molecule has 1 N–H and O–H groups in total. The third-order valence-electron chi connectivity index (χ3n) is 3.87. The zero-order valence-corrected chi connectivity index (χ0v) is 16.0. The van der Waals surface area contributed by atoms with E-state index in [9.17, 15) is 9.90 Å². The van der Waals surface area contributed by atoms with Crippen LogP contribution in [0.25, 0.3) is 16.7 Å². The zero-order chi connectivity index (χ0) is 20.1. The van der Waals surface area contributed by atoms with Crippen LogP contribution in [0.15, 0.2) is 36.8 Å². The van der Waals surface area contributed by atoms with E-state index in [1.165, 1.54) is 12.5 Å². The van der Waals surface area contributed by atoms with Gasteiger partial charge in [-0.05, 0) is 19.1 Å². The van der Waals surface area contributed by atoms with Crippen molar-refractivity contribution in [3.63, 3.8) is 0 Å². The van der Waals surface area contributed by atoms with E-state index >= 15 is 0 Å². The summed E-state index contributed by atoms with van der Waals surface area (Å²) in [6.07, 6.45) is 1.26. The van der Waals surface area contributed by atoms with Crippen LogP contribution in [-0.2, 0) is 14.3 Å². The van der Waals surface area contributed by atoms with Gasteiger partial charge in [0.2, 0.25) is 12.0 Å². The van der Waals surface area contributed by atoms with Crippen molar-refractivity contribution in [2.75, 3.05) is 20.3 Å². The summed E-state index contributed by atoms with van der Waals surface area (Å²) in [5.74, 6) is -1.08. The Hall–Kier alpha value is -2.75. The first kappa shape index (κ1) is 20.0. The molecule has 0 radical (unpaired) electrons. The Labute approximate surface area is 165 Å². The van der Waals surface area contributed by atoms with Crippen molar-refractivity contribution in [2.45, 2.75) is 19.1 Å². The maximum absolute atomic E-state index is 11.6. The maximum Gasteiger partial charge on any atom is 0.347 e. The Kier molecular flexibility index (Phi) is 6.40. The summed E-state index contributed by atoms with van der Waals surface area (Å²) in [7, 11) is 1.54. The van der Waals surface area contributed by atoms with Gasteiger partial charge >= 0.3 is 5.97 Å². The minimum atomic E-state index is -1.25. The molecule has 1 aromatic carbocycles. The van der Waals surface area contributed by atoms with Crippen LogP contribution in [-0.4, -0.2) is 63.4 Å². The molecule has 0 amide bonds. The first-order valence-electron chi connectivity index (χ1n) is 8.45. The highest BCUT2D eigenvalue weighted by Gasteiger charge is 2.24. The van der Waals surface area contributed by atoms with E-state index in [0.717, 1.165) is 0 Å². The molecule has 0 bridgehead atoms. The summed E-state index contributed by atoms with van der Waals surface area (Å²) >= 11 is 6.24. The van der Waals surface area contributed by atoms with E-state index in [1.807, 2.05) is 12.1 Å². The van der Waals surface area contributed by atoms with Crippen molar-refractivity contribution < 1.29 is 24.1 Å². The molecule has 2 aromatic heterocycles. The van der Waals surface area contributed by atoms with Crippen LogP contribution in [0.5, 0.6) is 5.88 Å². The third kappa shape index (κ3) is 4.38. The molecule has 0 saturated heterocycles. The number of para-hydroxylation sites is 1. The van der Waals surface area contributed by atoms with Crippen LogP contribution >= 0.6 is 11.6 Å². The molecule has 3 aromatic rings. The number of benzene rings is 1. The molecule has 28 heavy (non-hydrogen) atoms. The molecule has 2 atom stereocenters. The second-order valence-electron chi connectivity index (χ2n) is 5.97. The third-order valence-corrected chi connectivity index (χ3v) is 4.19. The number of carbonyl (C=O) groups is 1. The van der Waals surface area contributed by atoms with Crippen LogP contribution in [0.1, 0.15) is 6.92 Å². The topological polar surface area (TPSA) is 109 Å². The van der Waals surface area contributed by atoms with Gasteiger partial charge in [0.1, 0.15) is 11.7 Å². The lowest BCUT2D eigenvalue weighted by molar-refractivity contribution is -0.149. The molecule has 2 unspecified atom stereocenters. The standard InChI is InChI=1S/C18H19ClN4O5/c1-11(8-26-2)27-9-15(18(24)25)28-17-12-7-22-23(16(12)20-10-21-17)14-6-4-3-5-13(14)19/h3-7,10-11,15H,8-9H2,1-2H3,(H,24,25). The average Bonchev–Trinajstić information content (AvgIpc) is 3.10. The second-order valence-corrected chi connectivity index (χ2v) is 6.38. The number of aliphatic carboxylic acids is 1. The Morgan fingerprint density at radius 3 is 2.79 bits per heavy atom. The van der Waals surface area contributed by atoms with Crippen LogP contribution in [0.4, 0.5) is 0 Å². The summed E-state index contributed by atoms with van der Waals surface area (Å²) in [6.45, 7) is 1.96. The van der Waals surface area contributed by atoms with Crippen LogP contribution in [0, 0.1) is 0 Å². The van der Waals surface area contributed by atoms with E-state index in [4.69, 9.17) is 25.8 Å². The summed E-state index contributed by atoms with van der Waals surface area (Å²) < 4.78 is 17.6. The number of nitrogens with zero attached hydrogens (tertiary/aromatic N) is 4. The van der Waals surface area contributed by atoms with Gasteiger partial charge in [0, 0.05) is 7.11 Å². The minimum Gasteiger partial charge on any atom is -0.478 e. The van der Waals surface area contributed by atoms with Gasteiger partial charge in [-0.2, -0.15) is 5.10 Å². The maximum atomic E-state index is 11.6. The highest BCUT2D eigenvalue weighted by Crippen LogP contribution is 2.27. The molecule has 2 heterocycles. The Bertz CT molecular complexity index is 964. The molecule has 0 aliphatic heterocycles. The highest BCUT2D eigenvalue weighted by molar-refractivity contribution is 6.32. The van der Waals surface area contributed by atoms with E-state index < -0.39 is 12.1 Å². The van der Waals surface area contributed by atoms with Crippen LogP contribution < -0.4 is 4.74 Å². The zero-order valence-electron chi connectivity index (χ0n) is 15.3. The first-order valence-corrected chi connectivity index (χ1v) is 8.82. The number of methoxy groups -OCH3 is 1. The molecule has 0 aliphatic carbocycles. The smallest absolute Gasteiger partial charge is 0.347 e. The van der Waals surface area contributed by atoms with Crippen molar-refractivity contribution in [2.24, 2.45) is 0 Å². The Morgan fingerprint density at radius 2 is 2.07 bits per heavy atom. The quantitative estimate of drug-likeness (QED) is 0.576. The van der Waals surface area contributed by atoms with Crippen molar-refractivity contribution >= 4 is 28.6 Å². The number of halogens is 1. The van der Waals surface area contributed by atoms with Gasteiger partial charge in [-0.1, -0.05) is 23.7 Å². The van der Waals surface area contributed by atoms with Gasteiger partial charge in [0.25, 0.3) is 0 Å². The summed E-state index contributed by atoms with van der Waals surface area (Å²) in [4.78, 5) is 19.8. The molecule has 9 nitrogen and oxygen atoms in total. The highest BCUT2D eigenvalue weighted by atomic mass is 35.5. The molecule has 10 heteroatoms. The molecule has 0 aliphatic rings. The predicted octanol–water partition coefficient (Wildman–Crippen LogP) is 2.35. The number of carboxylic acid groups (broad SMARTS) is 1. The lowest BCUT2D eigenvalue weighted by atomic mass is 10.3. The van der Waals surface area contributed by atoms with E-state index in [0.29, 0.717) is 28.4 Å². The van der Waals surface area contributed by atoms with Crippen molar-refractivity contribution in [3.05, 3.63) is 41.8 Å². The molecule has 0 saturated carbocycles. The largest absolute Gasteiger partial charge is 0.478 e. The number of ether oxygens (including phenoxy) is 3. The number of carboxylic acids is 1. The molecular formula is C18H19ClN4O5. The van der Waals surface area contributed by atoms with Gasteiger partial charge in [0.15, 0.2) is 5.65 Å². The van der Waals surface area contributed by atoms with Crippen molar-refractivity contribution in [1.29, 1.82) is 0 Å². The lowest BCUT2D eigenvalue weighted by Gasteiger charge is -2.18. The van der Waals surface area contributed by atoms with Gasteiger partial charge in [-0.25, -0.2) is 19.4 Å². The number of fused-ring (bicyclic) bond motifs is 1. The van der Waals surface area contributed by atoms with Crippen molar-refractivity contribution in [3.8, 4) is 11.6 Å². The van der Waals surface area contributed by atoms with Crippen LogP contribution in [0.3, 0.4) is 0 Å². The number of hydrogen-bond donors (Lipinski definition) is 1. The number of rotatable bonds is 9. The van der Waals surface area contributed by atoms with Crippen LogP contribution in [0.2, 0.25) is 5.02 Å². The minimum absolute atomic E-state index is 0.0960.